The minimum atomic E-state index is -0.0369. The van der Waals surface area contributed by atoms with Crippen molar-refractivity contribution in [3.63, 3.8) is 0 Å². The second-order valence-electron chi connectivity index (χ2n) is 8.20. The molecule has 0 nitrogen and oxygen atoms in total. The molecule has 2 aliphatic rings. The van der Waals surface area contributed by atoms with Crippen molar-refractivity contribution < 1.29 is 0 Å². The molecule has 2 rings (SSSR count). The van der Waals surface area contributed by atoms with Crippen molar-refractivity contribution in [1.29, 1.82) is 0 Å². The van der Waals surface area contributed by atoms with Gasteiger partial charge in [0.1, 0.15) is 0 Å². The van der Waals surface area contributed by atoms with E-state index in [4.69, 9.17) is 0 Å². The highest BCUT2D eigenvalue weighted by Gasteiger charge is 2.41. The van der Waals surface area contributed by atoms with E-state index in [0.29, 0.717) is 0 Å². The Balaban J connectivity index is 0.00000176. The fourth-order valence-electron chi connectivity index (χ4n) is 4.15. The van der Waals surface area contributed by atoms with Gasteiger partial charge in [0.2, 0.25) is 0 Å². The van der Waals surface area contributed by atoms with Crippen LogP contribution in [0.25, 0.3) is 0 Å². The fourth-order valence-corrected chi connectivity index (χ4v) is 4.15. The second-order valence-corrected chi connectivity index (χ2v) is 8.20. The molecule has 0 saturated heterocycles. The molecule has 0 aliphatic heterocycles. The molecule has 0 unspecified atom stereocenters. The SMILES string of the molecule is C=C/C=C1\C(=C/C)C2=C(/C=C\C(=C)/C(C=C)=C(/C)C(C)(C)C2)C1(C)C.CC. The van der Waals surface area contributed by atoms with Gasteiger partial charge in [-0.15, -0.1) is 0 Å². The summed E-state index contributed by atoms with van der Waals surface area (Å²) in [6, 6.07) is 0. The number of hydrogen-bond donors (Lipinski definition) is 0. The van der Waals surface area contributed by atoms with E-state index in [0.717, 1.165) is 12.0 Å². The van der Waals surface area contributed by atoms with Crippen LogP contribution in [0.2, 0.25) is 0 Å². The third-order valence-corrected chi connectivity index (χ3v) is 5.90. The number of rotatable bonds is 2. The van der Waals surface area contributed by atoms with Crippen molar-refractivity contribution in [3.05, 3.63) is 95.2 Å². The Morgan fingerprint density at radius 1 is 1.04 bits per heavy atom. The van der Waals surface area contributed by atoms with Crippen molar-refractivity contribution >= 4 is 0 Å². The van der Waals surface area contributed by atoms with Crippen LogP contribution >= 0.6 is 0 Å². The molecule has 0 aromatic heterocycles. The van der Waals surface area contributed by atoms with Gasteiger partial charge in [0, 0.05) is 5.41 Å². The van der Waals surface area contributed by atoms with E-state index in [1.807, 2.05) is 26.0 Å². The summed E-state index contributed by atoms with van der Waals surface area (Å²) in [4.78, 5) is 0. The summed E-state index contributed by atoms with van der Waals surface area (Å²) in [7, 11) is 0. The molecule has 2 aliphatic carbocycles. The van der Waals surface area contributed by atoms with Gasteiger partial charge < -0.3 is 0 Å². The lowest BCUT2D eigenvalue weighted by Gasteiger charge is -2.29. The summed E-state index contributed by atoms with van der Waals surface area (Å²) in [6.07, 6.45) is 13.7. The maximum atomic E-state index is 4.30. The van der Waals surface area contributed by atoms with Crippen LogP contribution < -0.4 is 0 Å². The first-order valence-electron chi connectivity index (χ1n) is 10.1. The van der Waals surface area contributed by atoms with Crippen LogP contribution in [0.4, 0.5) is 0 Å². The molecule has 0 amide bonds. The number of allylic oxidation sites excluding steroid dienone is 13. The molecule has 27 heavy (non-hydrogen) atoms. The molecule has 0 N–H and O–H groups in total. The summed E-state index contributed by atoms with van der Waals surface area (Å²) in [6.45, 7) is 29.9. The number of hydrogen-bond acceptors (Lipinski definition) is 0. The van der Waals surface area contributed by atoms with Gasteiger partial charge >= 0.3 is 0 Å². The van der Waals surface area contributed by atoms with E-state index in [1.54, 1.807) is 0 Å². The third-order valence-electron chi connectivity index (χ3n) is 5.90. The van der Waals surface area contributed by atoms with Crippen LogP contribution in [0.3, 0.4) is 0 Å². The monoisotopic (exact) mass is 362 g/mol. The summed E-state index contributed by atoms with van der Waals surface area (Å²) in [5, 5.41) is 0. The van der Waals surface area contributed by atoms with Crippen LogP contribution in [-0.4, -0.2) is 0 Å². The Bertz CT molecular complexity index is 780. The van der Waals surface area contributed by atoms with Crippen LogP contribution in [0.15, 0.2) is 95.2 Å². The van der Waals surface area contributed by atoms with E-state index >= 15 is 0 Å². The van der Waals surface area contributed by atoms with Gasteiger partial charge in [-0.1, -0.05) is 103 Å². The van der Waals surface area contributed by atoms with Gasteiger partial charge in [-0.05, 0) is 59.1 Å². The summed E-state index contributed by atoms with van der Waals surface area (Å²) in [5.74, 6) is 0. The Kier molecular flexibility index (Phi) is 7.43. The van der Waals surface area contributed by atoms with Gasteiger partial charge in [0.25, 0.3) is 0 Å². The lowest BCUT2D eigenvalue weighted by atomic mass is 9.75. The third kappa shape index (κ3) is 4.10. The first-order valence-corrected chi connectivity index (χ1v) is 10.1. The quantitative estimate of drug-likeness (QED) is 0.462. The topological polar surface area (TPSA) is 0 Å². The molecule has 146 valence electrons. The molecule has 0 saturated carbocycles. The highest BCUT2D eigenvalue weighted by molar-refractivity contribution is 5.66. The molecule has 0 radical (unpaired) electrons. The minimum Gasteiger partial charge on any atom is -0.0991 e. The van der Waals surface area contributed by atoms with Crippen molar-refractivity contribution in [1.82, 2.24) is 0 Å². The summed E-state index contributed by atoms with van der Waals surface area (Å²) in [5.41, 5.74) is 9.10. The Morgan fingerprint density at radius 2 is 1.63 bits per heavy atom. The largest absolute Gasteiger partial charge is 0.0991 e. The van der Waals surface area contributed by atoms with E-state index < -0.39 is 0 Å². The zero-order valence-electron chi connectivity index (χ0n) is 18.8. The van der Waals surface area contributed by atoms with E-state index in [-0.39, 0.29) is 10.8 Å². The van der Waals surface area contributed by atoms with Crippen molar-refractivity contribution in [3.8, 4) is 0 Å². The van der Waals surface area contributed by atoms with Crippen molar-refractivity contribution in [2.75, 3.05) is 0 Å². The predicted molar refractivity (Wildman–Crippen MR) is 124 cm³/mol. The zero-order chi connectivity index (χ0) is 21.0. The summed E-state index contributed by atoms with van der Waals surface area (Å²) < 4.78 is 0. The van der Waals surface area contributed by atoms with Crippen LogP contribution in [0.1, 0.15) is 61.8 Å². The van der Waals surface area contributed by atoms with Crippen LogP contribution in [0.5, 0.6) is 0 Å². The first kappa shape index (κ1) is 23.0. The predicted octanol–water partition coefficient (Wildman–Crippen LogP) is 8.45. The minimum absolute atomic E-state index is 0.0348. The lowest BCUT2D eigenvalue weighted by Crippen LogP contribution is -2.16. The highest BCUT2D eigenvalue weighted by Crippen LogP contribution is 2.54. The Hall–Kier alpha value is -2.08. The zero-order valence-corrected chi connectivity index (χ0v) is 18.8. The maximum Gasteiger partial charge on any atom is 0.0155 e. The van der Waals surface area contributed by atoms with Gasteiger partial charge in [0.15, 0.2) is 0 Å². The molecule has 0 atom stereocenters. The van der Waals surface area contributed by atoms with Gasteiger partial charge in [0.05, 0.1) is 0 Å². The second kappa shape index (κ2) is 8.74. The molecular weight excluding hydrogens is 324 g/mol. The molecule has 0 bridgehead atoms. The van der Waals surface area contributed by atoms with Crippen molar-refractivity contribution in [2.45, 2.75) is 61.8 Å². The standard InChI is InChI=1S/C25H32.C2H6/c1-10-13-22-20(12-3)21-16-24(6,7)18(5)19(11-2)17(4)14-15-23(21)25(22,8)9;1-2/h10-15H,1-2,4,16H2,3,5-9H3;1-2H3/b15-14-,19-18-,20-12-,22-13+;. The molecular formula is C27H38. The normalized spacial score (nSPS) is 27.9. The van der Waals surface area contributed by atoms with E-state index in [9.17, 15) is 0 Å². The smallest absolute Gasteiger partial charge is 0.0155 e. The van der Waals surface area contributed by atoms with Gasteiger partial charge in [-0.3, -0.25) is 0 Å². The highest BCUT2D eigenvalue weighted by atomic mass is 14.4. The van der Waals surface area contributed by atoms with E-state index in [1.165, 1.54) is 33.4 Å². The average Bonchev–Trinajstić information content (AvgIpc) is 2.82. The molecule has 0 heteroatoms. The molecule has 0 aromatic carbocycles. The average molecular weight is 363 g/mol. The Morgan fingerprint density at radius 3 is 2.11 bits per heavy atom. The lowest BCUT2D eigenvalue weighted by molar-refractivity contribution is 0.441. The Labute approximate surface area is 168 Å². The van der Waals surface area contributed by atoms with Gasteiger partial charge in [-0.25, -0.2) is 0 Å². The first-order chi connectivity index (χ1) is 12.6. The molecule has 0 heterocycles. The van der Waals surface area contributed by atoms with E-state index in [2.05, 4.69) is 85.6 Å². The fraction of sp³-hybridized carbons (Fsp3) is 0.407. The van der Waals surface area contributed by atoms with Gasteiger partial charge in [-0.2, -0.15) is 0 Å². The maximum absolute atomic E-state index is 4.30. The van der Waals surface area contributed by atoms with Crippen LogP contribution in [-0.2, 0) is 0 Å². The molecule has 0 fully saturated rings. The molecule has 0 aromatic rings. The molecule has 0 spiro atoms. The summed E-state index contributed by atoms with van der Waals surface area (Å²) >= 11 is 0. The van der Waals surface area contributed by atoms with Crippen molar-refractivity contribution in [2.24, 2.45) is 10.8 Å². The van der Waals surface area contributed by atoms with Crippen LogP contribution in [0, 0.1) is 10.8 Å².